The Balaban J connectivity index is 1.96. The van der Waals surface area contributed by atoms with Gasteiger partial charge in [-0.25, -0.2) is 0 Å². The lowest BCUT2D eigenvalue weighted by Gasteiger charge is -2.36. The van der Waals surface area contributed by atoms with Crippen molar-refractivity contribution in [1.29, 1.82) is 0 Å². The highest BCUT2D eigenvalue weighted by molar-refractivity contribution is 9.11. The third kappa shape index (κ3) is 5.00. The lowest BCUT2D eigenvalue weighted by molar-refractivity contribution is -0.274. The van der Waals surface area contributed by atoms with Crippen molar-refractivity contribution in [2.75, 3.05) is 26.2 Å². The summed E-state index contributed by atoms with van der Waals surface area (Å²) in [6.45, 7) is 3.45. The quantitative estimate of drug-likeness (QED) is 0.640. The number of hydrogen-bond acceptors (Lipinski definition) is 3. The van der Waals surface area contributed by atoms with Crippen LogP contribution >= 0.6 is 31.9 Å². The number of alkyl halides is 3. The first-order valence-corrected chi connectivity index (χ1v) is 9.67. The van der Waals surface area contributed by atoms with Gasteiger partial charge in [0.2, 0.25) is 0 Å². The van der Waals surface area contributed by atoms with Gasteiger partial charge in [-0.3, -0.25) is 4.90 Å². The van der Waals surface area contributed by atoms with Crippen LogP contribution in [0.1, 0.15) is 17.2 Å². The van der Waals surface area contributed by atoms with E-state index < -0.39 is 6.36 Å². The molecule has 1 atom stereocenters. The Morgan fingerprint density at radius 3 is 2.27 bits per heavy atom. The first-order chi connectivity index (χ1) is 12.3. The molecule has 3 rings (SSSR count). The molecule has 3 nitrogen and oxygen atoms in total. The van der Waals surface area contributed by atoms with Crippen molar-refractivity contribution in [2.24, 2.45) is 0 Å². The summed E-state index contributed by atoms with van der Waals surface area (Å²) in [5.74, 6) is -0.214. The Hall–Kier alpha value is -1.09. The van der Waals surface area contributed by atoms with Crippen LogP contribution < -0.4 is 10.1 Å². The fraction of sp³-hybridized carbons (Fsp3) is 0.333. The molecule has 8 heteroatoms. The first-order valence-electron chi connectivity index (χ1n) is 8.09. The van der Waals surface area contributed by atoms with Gasteiger partial charge in [0.25, 0.3) is 0 Å². The summed E-state index contributed by atoms with van der Waals surface area (Å²) in [5.41, 5.74) is 1.98. The zero-order valence-corrected chi connectivity index (χ0v) is 16.9. The molecule has 1 aliphatic rings. The van der Waals surface area contributed by atoms with Crippen LogP contribution in [0.25, 0.3) is 0 Å². The van der Waals surface area contributed by atoms with Crippen molar-refractivity contribution in [3.63, 3.8) is 0 Å². The number of halogens is 5. The average Bonchev–Trinajstić information content (AvgIpc) is 2.59. The fourth-order valence-electron chi connectivity index (χ4n) is 3.10. The summed E-state index contributed by atoms with van der Waals surface area (Å²) < 4.78 is 43.1. The lowest BCUT2D eigenvalue weighted by atomic mass is 9.96. The van der Waals surface area contributed by atoms with Crippen LogP contribution in [0.2, 0.25) is 0 Å². The van der Waals surface area contributed by atoms with E-state index in [4.69, 9.17) is 0 Å². The SMILES string of the molecule is FC(F)(F)Oc1ccc([C@@H](c2cc(Br)ccc2Br)N2CCNCC2)cc1. The molecule has 1 aliphatic heterocycles. The van der Waals surface area contributed by atoms with Crippen LogP contribution in [0, 0.1) is 0 Å². The van der Waals surface area contributed by atoms with E-state index in [-0.39, 0.29) is 11.8 Å². The molecule has 0 spiro atoms. The predicted octanol–water partition coefficient (Wildman–Crippen LogP) is 5.10. The molecule has 0 aromatic heterocycles. The molecular weight excluding hydrogens is 477 g/mol. The number of piperazine rings is 1. The lowest BCUT2D eigenvalue weighted by Crippen LogP contribution is -2.45. The van der Waals surface area contributed by atoms with E-state index in [1.54, 1.807) is 12.1 Å². The van der Waals surface area contributed by atoms with E-state index in [9.17, 15) is 13.2 Å². The minimum Gasteiger partial charge on any atom is -0.406 e. The molecule has 1 fully saturated rings. The molecule has 0 radical (unpaired) electrons. The maximum Gasteiger partial charge on any atom is 0.573 e. The number of nitrogens with zero attached hydrogens (tertiary/aromatic N) is 1. The van der Waals surface area contributed by atoms with E-state index in [0.29, 0.717) is 0 Å². The number of rotatable bonds is 4. The second-order valence-corrected chi connectivity index (χ2v) is 7.74. The smallest absolute Gasteiger partial charge is 0.406 e. The van der Waals surface area contributed by atoms with Crippen molar-refractivity contribution in [2.45, 2.75) is 12.4 Å². The van der Waals surface area contributed by atoms with Crippen LogP contribution in [0.15, 0.2) is 51.4 Å². The van der Waals surface area contributed by atoms with Crippen LogP contribution in [0.4, 0.5) is 13.2 Å². The van der Waals surface area contributed by atoms with Gasteiger partial charge < -0.3 is 10.1 Å². The molecule has 1 N–H and O–H groups in total. The zero-order chi connectivity index (χ0) is 18.7. The monoisotopic (exact) mass is 492 g/mol. The second kappa shape index (κ2) is 8.29. The molecule has 0 saturated carbocycles. The third-order valence-electron chi connectivity index (χ3n) is 4.20. The van der Waals surface area contributed by atoms with E-state index in [2.05, 4.69) is 46.8 Å². The minimum absolute atomic E-state index is 0.0658. The second-order valence-electron chi connectivity index (χ2n) is 5.97. The molecule has 140 valence electrons. The molecule has 2 aromatic rings. The Kier molecular flexibility index (Phi) is 6.27. The van der Waals surface area contributed by atoms with E-state index >= 15 is 0 Å². The summed E-state index contributed by atoms with van der Waals surface area (Å²) in [4.78, 5) is 2.32. The molecule has 0 aliphatic carbocycles. The molecule has 0 unspecified atom stereocenters. The normalized spacial score (nSPS) is 17.1. The van der Waals surface area contributed by atoms with Crippen molar-refractivity contribution in [1.82, 2.24) is 10.2 Å². The molecule has 0 bridgehead atoms. The van der Waals surface area contributed by atoms with Crippen LogP contribution in [-0.4, -0.2) is 37.4 Å². The summed E-state index contributed by atoms with van der Waals surface area (Å²) in [5, 5.41) is 3.33. The highest BCUT2D eigenvalue weighted by Gasteiger charge is 2.31. The number of benzene rings is 2. The van der Waals surface area contributed by atoms with Gasteiger partial charge in [0.1, 0.15) is 5.75 Å². The standard InChI is InChI=1S/C18H17Br2F3N2O/c19-13-3-6-16(20)15(11-13)17(25-9-7-24-8-10-25)12-1-4-14(5-2-12)26-18(21,22)23/h1-6,11,17,24H,7-10H2/t17-/m0/s1. The number of hydrogen-bond donors (Lipinski definition) is 1. The van der Waals surface area contributed by atoms with Crippen molar-refractivity contribution in [3.05, 3.63) is 62.5 Å². The summed E-state index contributed by atoms with van der Waals surface area (Å²) in [6.07, 6.45) is -4.69. The zero-order valence-electron chi connectivity index (χ0n) is 13.7. The van der Waals surface area contributed by atoms with Crippen molar-refractivity contribution >= 4 is 31.9 Å². The van der Waals surface area contributed by atoms with E-state index in [0.717, 1.165) is 46.3 Å². The van der Waals surface area contributed by atoms with Gasteiger partial charge in [0.15, 0.2) is 0 Å². The Morgan fingerprint density at radius 1 is 1.00 bits per heavy atom. The highest BCUT2D eigenvalue weighted by Crippen LogP contribution is 2.36. The Labute approximate surface area is 166 Å². The molecular formula is C18H17Br2F3N2O. The first kappa shape index (κ1) is 19.7. The van der Waals surface area contributed by atoms with Crippen LogP contribution in [-0.2, 0) is 0 Å². The van der Waals surface area contributed by atoms with Crippen molar-refractivity contribution < 1.29 is 17.9 Å². The summed E-state index contributed by atoms with van der Waals surface area (Å²) >= 11 is 7.12. The van der Waals surface area contributed by atoms with Gasteiger partial charge in [-0.2, -0.15) is 0 Å². The van der Waals surface area contributed by atoms with Crippen molar-refractivity contribution in [3.8, 4) is 5.75 Å². The molecule has 26 heavy (non-hydrogen) atoms. The van der Waals surface area contributed by atoms with Gasteiger partial charge in [0.05, 0.1) is 6.04 Å². The maximum atomic E-state index is 12.4. The molecule has 1 heterocycles. The molecule has 0 amide bonds. The number of ether oxygens (including phenoxy) is 1. The Bertz CT molecular complexity index is 747. The van der Waals surface area contributed by atoms with E-state index in [1.807, 2.05) is 18.2 Å². The molecule has 1 saturated heterocycles. The number of nitrogens with one attached hydrogen (secondary N) is 1. The largest absolute Gasteiger partial charge is 0.573 e. The fourth-order valence-corrected chi connectivity index (χ4v) is 3.95. The van der Waals surface area contributed by atoms with Crippen LogP contribution in [0.5, 0.6) is 5.75 Å². The van der Waals surface area contributed by atoms with Gasteiger partial charge in [0, 0.05) is 35.1 Å². The minimum atomic E-state index is -4.69. The van der Waals surface area contributed by atoms with Gasteiger partial charge in [-0.05, 0) is 41.5 Å². The molecule has 2 aromatic carbocycles. The Morgan fingerprint density at radius 2 is 1.65 bits per heavy atom. The summed E-state index contributed by atoms with van der Waals surface area (Å²) in [6, 6.07) is 12.0. The topological polar surface area (TPSA) is 24.5 Å². The van der Waals surface area contributed by atoms with Gasteiger partial charge >= 0.3 is 6.36 Å². The highest BCUT2D eigenvalue weighted by atomic mass is 79.9. The van der Waals surface area contributed by atoms with Gasteiger partial charge in [-0.1, -0.05) is 44.0 Å². The van der Waals surface area contributed by atoms with E-state index in [1.165, 1.54) is 12.1 Å². The predicted molar refractivity (Wildman–Crippen MR) is 101 cm³/mol. The summed E-state index contributed by atoms with van der Waals surface area (Å²) in [7, 11) is 0. The third-order valence-corrected chi connectivity index (χ3v) is 5.41. The maximum absolute atomic E-state index is 12.4. The average molecular weight is 494 g/mol. The van der Waals surface area contributed by atoms with Gasteiger partial charge in [-0.15, -0.1) is 13.2 Å². The van der Waals surface area contributed by atoms with Crippen LogP contribution in [0.3, 0.4) is 0 Å².